The molecule has 0 spiro atoms. The van der Waals surface area contributed by atoms with Crippen LogP contribution in [-0.4, -0.2) is 68.3 Å². The van der Waals surface area contributed by atoms with Crippen LogP contribution in [0.15, 0.2) is 34.9 Å². The zero-order valence-corrected chi connectivity index (χ0v) is 16.8. The number of nitrogens with one attached hydrogen (secondary N) is 2. The first-order chi connectivity index (χ1) is 14.0. The predicted molar refractivity (Wildman–Crippen MR) is 110 cm³/mol. The van der Waals surface area contributed by atoms with Crippen LogP contribution >= 0.6 is 0 Å². The van der Waals surface area contributed by atoms with Crippen LogP contribution < -0.4 is 15.5 Å². The van der Waals surface area contributed by atoms with Crippen molar-refractivity contribution < 1.29 is 18.8 Å². The van der Waals surface area contributed by atoms with Gasteiger partial charge < -0.3 is 24.8 Å². The molecule has 2 amide bonds. The number of carbonyl (C=O) groups is 2. The van der Waals surface area contributed by atoms with E-state index in [9.17, 15) is 9.59 Å². The molecule has 2 aromatic rings. The van der Waals surface area contributed by atoms with Crippen LogP contribution in [0.5, 0.6) is 0 Å². The highest BCUT2D eigenvalue weighted by atomic mass is 16.5. The van der Waals surface area contributed by atoms with Crippen molar-refractivity contribution in [3.05, 3.63) is 36.1 Å². The summed E-state index contributed by atoms with van der Waals surface area (Å²) in [6, 6.07) is 9.45. The minimum absolute atomic E-state index is 0.126. The smallest absolute Gasteiger partial charge is 0.238 e. The normalized spacial score (nSPS) is 14.1. The summed E-state index contributed by atoms with van der Waals surface area (Å²) in [5.74, 6) is 0.726. The molecule has 29 heavy (non-hydrogen) atoms. The van der Waals surface area contributed by atoms with E-state index in [1.807, 2.05) is 24.3 Å². The van der Waals surface area contributed by atoms with Gasteiger partial charge in [0.25, 0.3) is 0 Å². The van der Waals surface area contributed by atoms with Gasteiger partial charge in [-0.25, -0.2) is 0 Å². The monoisotopic (exact) mass is 401 g/mol. The van der Waals surface area contributed by atoms with E-state index in [0.717, 1.165) is 37.7 Å². The average Bonchev–Trinajstić information content (AvgIpc) is 3.12. The van der Waals surface area contributed by atoms with E-state index in [1.165, 1.54) is 0 Å². The highest BCUT2D eigenvalue weighted by molar-refractivity contribution is 5.92. The lowest BCUT2D eigenvalue weighted by molar-refractivity contribution is -0.119. The molecule has 0 aliphatic carbocycles. The molecule has 2 heterocycles. The number of nitrogens with zero attached hydrogens (tertiary/aromatic N) is 3. The quantitative estimate of drug-likeness (QED) is 0.695. The van der Waals surface area contributed by atoms with Crippen molar-refractivity contribution in [3.63, 3.8) is 0 Å². The van der Waals surface area contributed by atoms with E-state index in [1.54, 1.807) is 24.9 Å². The Bertz CT molecular complexity index is 815. The molecule has 1 fully saturated rings. The van der Waals surface area contributed by atoms with Gasteiger partial charge in [0.1, 0.15) is 5.76 Å². The fourth-order valence-electron chi connectivity index (χ4n) is 3.02. The van der Waals surface area contributed by atoms with Crippen LogP contribution in [0, 0.1) is 6.92 Å². The van der Waals surface area contributed by atoms with Crippen LogP contribution in [0.4, 0.5) is 17.2 Å². The Balaban J connectivity index is 1.38. The number of anilines is 3. The molecule has 1 aromatic carbocycles. The molecule has 1 aliphatic rings. The highest BCUT2D eigenvalue weighted by Crippen LogP contribution is 2.19. The van der Waals surface area contributed by atoms with Gasteiger partial charge in [-0.3, -0.25) is 14.5 Å². The second-order valence-corrected chi connectivity index (χ2v) is 7.05. The Labute approximate surface area is 170 Å². The van der Waals surface area contributed by atoms with E-state index >= 15 is 0 Å². The number of hydrogen-bond acceptors (Lipinski definition) is 7. The maximum Gasteiger partial charge on any atom is 0.238 e. The number of aromatic nitrogens is 1. The van der Waals surface area contributed by atoms with Gasteiger partial charge in [-0.1, -0.05) is 5.16 Å². The largest absolute Gasteiger partial charge is 0.378 e. The SMILES string of the molecule is Cc1cc(NC(=O)CCN(C)CC(=O)Nc2ccc(N3CCOCC3)cc2)no1. The summed E-state index contributed by atoms with van der Waals surface area (Å²) < 4.78 is 10.3. The number of likely N-dealkylation sites (N-methyl/N-ethyl adjacent to an activating group) is 1. The first-order valence-corrected chi connectivity index (χ1v) is 9.64. The fraction of sp³-hybridized carbons (Fsp3) is 0.450. The van der Waals surface area contributed by atoms with Gasteiger partial charge in [0, 0.05) is 43.5 Å². The van der Waals surface area contributed by atoms with E-state index < -0.39 is 0 Å². The van der Waals surface area contributed by atoms with Gasteiger partial charge in [0.15, 0.2) is 5.82 Å². The molecule has 2 N–H and O–H groups in total. The molecule has 9 nitrogen and oxygen atoms in total. The molecule has 0 saturated carbocycles. The van der Waals surface area contributed by atoms with Crippen LogP contribution in [0.2, 0.25) is 0 Å². The lowest BCUT2D eigenvalue weighted by Gasteiger charge is -2.28. The molecule has 0 atom stereocenters. The van der Waals surface area contributed by atoms with Crippen LogP contribution in [0.25, 0.3) is 0 Å². The van der Waals surface area contributed by atoms with Gasteiger partial charge >= 0.3 is 0 Å². The van der Waals surface area contributed by atoms with Gasteiger partial charge in [0.2, 0.25) is 11.8 Å². The van der Waals surface area contributed by atoms with E-state index in [2.05, 4.69) is 20.7 Å². The fourth-order valence-corrected chi connectivity index (χ4v) is 3.02. The second kappa shape index (κ2) is 10.0. The summed E-state index contributed by atoms with van der Waals surface area (Å²) in [6.45, 7) is 5.63. The summed E-state index contributed by atoms with van der Waals surface area (Å²) in [5.41, 5.74) is 1.87. The predicted octanol–water partition coefficient (Wildman–Crippen LogP) is 1.72. The van der Waals surface area contributed by atoms with Crippen molar-refractivity contribution >= 4 is 29.0 Å². The minimum atomic E-state index is -0.177. The molecule has 0 unspecified atom stereocenters. The van der Waals surface area contributed by atoms with Crippen LogP contribution in [-0.2, 0) is 14.3 Å². The van der Waals surface area contributed by atoms with Crippen molar-refractivity contribution in [1.29, 1.82) is 0 Å². The summed E-state index contributed by atoms with van der Waals surface area (Å²) in [7, 11) is 1.80. The van der Waals surface area contributed by atoms with Crippen molar-refractivity contribution in [1.82, 2.24) is 10.1 Å². The Morgan fingerprint density at radius 1 is 1.14 bits per heavy atom. The highest BCUT2D eigenvalue weighted by Gasteiger charge is 2.13. The molecular formula is C20H27N5O4. The summed E-state index contributed by atoms with van der Waals surface area (Å²) in [4.78, 5) is 28.2. The Morgan fingerprint density at radius 2 is 1.86 bits per heavy atom. The number of carbonyl (C=O) groups excluding carboxylic acids is 2. The van der Waals surface area contributed by atoms with Crippen LogP contribution in [0.3, 0.4) is 0 Å². The zero-order chi connectivity index (χ0) is 20.6. The van der Waals surface area contributed by atoms with E-state index in [0.29, 0.717) is 18.1 Å². The molecule has 0 bridgehead atoms. The molecule has 1 aromatic heterocycles. The summed E-state index contributed by atoms with van der Waals surface area (Å²) in [5, 5.41) is 9.27. The van der Waals surface area contributed by atoms with Crippen molar-refractivity contribution in [2.75, 3.05) is 62.0 Å². The average molecular weight is 401 g/mol. The number of rotatable bonds is 8. The van der Waals surface area contributed by atoms with Gasteiger partial charge in [-0.15, -0.1) is 0 Å². The third kappa shape index (κ3) is 6.58. The number of morpholine rings is 1. The number of amides is 2. The third-order valence-electron chi connectivity index (χ3n) is 4.56. The standard InChI is InChI=1S/C20H27N5O4/c1-15-13-18(23-29-15)22-19(26)7-8-24(2)14-20(27)21-16-3-5-17(6-4-16)25-9-11-28-12-10-25/h3-6,13H,7-12,14H2,1-2H3,(H,21,27)(H,22,23,26). The molecule has 1 saturated heterocycles. The van der Waals surface area contributed by atoms with E-state index in [4.69, 9.17) is 9.26 Å². The third-order valence-corrected chi connectivity index (χ3v) is 4.56. The van der Waals surface area contributed by atoms with Crippen LogP contribution in [0.1, 0.15) is 12.2 Å². The van der Waals surface area contributed by atoms with Crippen molar-refractivity contribution in [2.24, 2.45) is 0 Å². The maximum absolute atomic E-state index is 12.2. The molecule has 9 heteroatoms. The first kappa shape index (κ1) is 20.8. The molecule has 0 radical (unpaired) electrons. The van der Waals surface area contributed by atoms with Gasteiger partial charge in [0.05, 0.1) is 19.8 Å². The lowest BCUT2D eigenvalue weighted by atomic mass is 10.2. The topological polar surface area (TPSA) is 99.9 Å². The molecule has 156 valence electrons. The number of benzene rings is 1. The number of ether oxygens (including phenoxy) is 1. The Hall–Kier alpha value is -2.91. The molecular weight excluding hydrogens is 374 g/mol. The number of hydrogen-bond donors (Lipinski definition) is 2. The Morgan fingerprint density at radius 3 is 2.52 bits per heavy atom. The molecule has 1 aliphatic heterocycles. The Kier molecular flexibility index (Phi) is 7.20. The maximum atomic E-state index is 12.2. The number of aryl methyl sites for hydroxylation is 1. The van der Waals surface area contributed by atoms with Gasteiger partial charge in [-0.05, 0) is 38.2 Å². The van der Waals surface area contributed by atoms with Crippen molar-refractivity contribution in [3.8, 4) is 0 Å². The molecule has 3 rings (SSSR count). The van der Waals surface area contributed by atoms with Gasteiger partial charge in [-0.2, -0.15) is 0 Å². The lowest BCUT2D eigenvalue weighted by Crippen LogP contribution is -2.36. The second-order valence-electron chi connectivity index (χ2n) is 7.05. The first-order valence-electron chi connectivity index (χ1n) is 9.64. The summed E-state index contributed by atoms with van der Waals surface area (Å²) in [6.07, 6.45) is 0.254. The minimum Gasteiger partial charge on any atom is -0.378 e. The zero-order valence-electron chi connectivity index (χ0n) is 16.8. The summed E-state index contributed by atoms with van der Waals surface area (Å²) >= 11 is 0. The van der Waals surface area contributed by atoms with Crippen molar-refractivity contribution in [2.45, 2.75) is 13.3 Å². The van der Waals surface area contributed by atoms with E-state index in [-0.39, 0.29) is 24.8 Å².